The fraction of sp³-hybridized carbons (Fsp3) is 0.290. The normalized spacial score (nSPS) is 14.4. The van der Waals surface area contributed by atoms with E-state index in [2.05, 4.69) is 4.72 Å². The summed E-state index contributed by atoms with van der Waals surface area (Å²) in [5.41, 5.74) is 9.62. The minimum atomic E-state index is -3.65. The second-order valence-corrected chi connectivity index (χ2v) is 13.0. The van der Waals surface area contributed by atoms with E-state index in [0.717, 1.165) is 40.1 Å². The van der Waals surface area contributed by atoms with Crippen molar-refractivity contribution < 1.29 is 22.7 Å². The first-order valence-corrected chi connectivity index (χ1v) is 16.5. The van der Waals surface area contributed by atoms with E-state index in [1.54, 1.807) is 12.1 Å². The molecular weight excluding hydrogens is 572 g/mol. The van der Waals surface area contributed by atoms with Crippen molar-refractivity contribution in [3.05, 3.63) is 93.9 Å². The van der Waals surface area contributed by atoms with Crippen LogP contribution < -0.4 is 10.5 Å². The Hall–Kier alpha value is -3.77. The molecule has 5 aromatic rings. The highest BCUT2D eigenvalue weighted by Crippen LogP contribution is 2.29. The number of nitrogens with two attached hydrogens (primary N) is 1. The first-order chi connectivity index (χ1) is 20.4. The van der Waals surface area contributed by atoms with Crippen molar-refractivity contribution in [1.82, 2.24) is 9.55 Å². The smallest absolute Gasteiger partial charge is 0.355 e. The summed E-state index contributed by atoms with van der Waals surface area (Å²) in [6.45, 7) is 2.21. The number of hydrogen-bond donors (Lipinski definition) is 2. The summed E-state index contributed by atoms with van der Waals surface area (Å²) in [5, 5.41) is 6.29. The zero-order chi connectivity index (χ0) is 29.1. The molecular formula is C31H32N4O5S2. The van der Waals surface area contributed by atoms with E-state index in [0.29, 0.717) is 42.5 Å². The van der Waals surface area contributed by atoms with Crippen LogP contribution in [0.3, 0.4) is 0 Å². The Labute approximate surface area is 248 Å². The molecule has 0 radical (unpaired) electrons. The van der Waals surface area contributed by atoms with E-state index in [9.17, 15) is 13.2 Å². The Balaban J connectivity index is 1.37. The zero-order valence-corrected chi connectivity index (χ0v) is 24.6. The first-order valence-electron chi connectivity index (χ1n) is 13.9. The molecule has 11 heteroatoms. The SMILES string of the molecule is NCc1ccc2cc(C(=O)OCC3CCOCC3)n(Cc3cc(NS(=O)(=O)Cc4ccsc4)cc4ccccc34)c2n1. The van der Waals surface area contributed by atoms with Gasteiger partial charge in [0, 0.05) is 30.8 Å². The van der Waals surface area contributed by atoms with Crippen molar-refractivity contribution in [2.45, 2.75) is 31.7 Å². The quantitative estimate of drug-likeness (QED) is 0.208. The average Bonchev–Trinajstić information content (AvgIpc) is 3.63. The van der Waals surface area contributed by atoms with E-state index in [4.69, 9.17) is 20.2 Å². The van der Waals surface area contributed by atoms with E-state index in [1.807, 2.05) is 63.9 Å². The van der Waals surface area contributed by atoms with E-state index in [-0.39, 0.29) is 24.8 Å². The fourth-order valence-corrected chi connectivity index (χ4v) is 7.29. The lowest BCUT2D eigenvalue weighted by atomic mass is 10.0. The van der Waals surface area contributed by atoms with Crippen LogP contribution in [0, 0.1) is 5.92 Å². The third-order valence-corrected chi connectivity index (χ3v) is 9.49. The van der Waals surface area contributed by atoms with Gasteiger partial charge in [-0.05, 0) is 87.8 Å². The van der Waals surface area contributed by atoms with Crippen LogP contribution in [0.15, 0.2) is 71.4 Å². The Morgan fingerprint density at radius 3 is 2.71 bits per heavy atom. The van der Waals surface area contributed by atoms with E-state index >= 15 is 0 Å². The van der Waals surface area contributed by atoms with E-state index in [1.165, 1.54) is 11.3 Å². The topological polar surface area (TPSA) is 126 Å². The largest absolute Gasteiger partial charge is 0.461 e. The van der Waals surface area contributed by atoms with Crippen LogP contribution in [0.1, 0.15) is 40.2 Å². The van der Waals surface area contributed by atoms with Gasteiger partial charge < -0.3 is 19.8 Å². The van der Waals surface area contributed by atoms with Crippen LogP contribution in [0.2, 0.25) is 0 Å². The number of hydrogen-bond acceptors (Lipinski definition) is 8. The molecule has 3 N–H and O–H groups in total. The summed E-state index contributed by atoms with van der Waals surface area (Å²) in [6, 6.07) is 18.8. The van der Waals surface area contributed by atoms with Gasteiger partial charge in [0.1, 0.15) is 11.3 Å². The number of thiophene rings is 1. The molecule has 0 unspecified atom stereocenters. The number of ether oxygens (including phenoxy) is 2. The Morgan fingerprint density at radius 2 is 1.93 bits per heavy atom. The molecule has 4 heterocycles. The van der Waals surface area contributed by atoms with Gasteiger partial charge in [-0.2, -0.15) is 11.3 Å². The summed E-state index contributed by atoms with van der Waals surface area (Å²) >= 11 is 1.46. The number of fused-ring (bicyclic) bond motifs is 2. The number of anilines is 1. The van der Waals surface area contributed by atoms with Crippen LogP contribution >= 0.6 is 11.3 Å². The third-order valence-electron chi connectivity index (χ3n) is 7.50. The van der Waals surface area contributed by atoms with Crippen molar-refractivity contribution in [3.63, 3.8) is 0 Å². The minimum Gasteiger partial charge on any atom is -0.461 e. The molecule has 1 aliphatic rings. The van der Waals surface area contributed by atoms with Crippen LogP contribution in [-0.4, -0.2) is 43.8 Å². The predicted molar refractivity (Wildman–Crippen MR) is 165 cm³/mol. The maximum absolute atomic E-state index is 13.5. The van der Waals surface area contributed by atoms with Crippen LogP contribution in [0.5, 0.6) is 0 Å². The molecule has 1 fully saturated rings. The number of aromatic nitrogens is 2. The summed E-state index contributed by atoms with van der Waals surface area (Å²) in [5.74, 6) is -0.272. The van der Waals surface area contributed by atoms with Gasteiger partial charge in [0.15, 0.2) is 0 Å². The molecule has 3 aromatic heterocycles. The number of sulfonamides is 1. The molecule has 0 spiro atoms. The van der Waals surface area contributed by atoms with Crippen molar-refractivity contribution >= 4 is 54.8 Å². The van der Waals surface area contributed by atoms with Crippen LogP contribution in [0.25, 0.3) is 21.8 Å². The molecule has 0 bridgehead atoms. The standard InChI is InChI=1S/C31H32N4O5S2/c32-16-26-6-5-24-15-29(31(36)40-18-21-7-10-39-11-8-21)35(30(24)33-26)17-25-14-27(13-23-3-1-2-4-28(23)25)34-42(37,38)20-22-9-12-41-19-22/h1-6,9,12-15,19,21,34H,7-8,10-11,16-18,20,32H2. The fourth-order valence-electron chi connectivity index (χ4n) is 5.35. The minimum absolute atomic E-state index is 0.115. The zero-order valence-electron chi connectivity index (χ0n) is 23.0. The number of pyridine rings is 1. The van der Waals surface area contributed by atoms with Crippen molar-refractivity contribution in [2.24, 2.45) is 11.7 Å². The highest BCUT2D eigenvalue weighted by Gasteiger charge is 2.22. The summed E-state index contributed by atoms with van der Waals surface area (Å²) in [4.78, 5) is 18.2. The van der Waals surface area contributed by atoms with Gasteiger partial charge in [0.2, 0.25) is 10.0 Å². The Kier molecular flexibility index (Phi) is 8.25. The van der Waals surface area contributed by atoms with Gasteiger partial charge in [0.05, 0.1) is 24.6 Å². The Morgan fingerprint density at radius 1 is 1.10 bits per heavy atom. The van der Waals surface area contributed by atoms with Crippen molar-refractivity contribution in [2.75, 3.05) is 24.5 Å². The first kappa shape index (κ1) is 28.4. The van der Waals surface area contributed by atoms with Crippen molar-refractivity contribution in [3.8, 4) is 0 Å². The number of rotatable bonds is 10. The maximum Gasteiger partial charge on any atom is 0.355 e. The number of carbonyl (C=O) groups is 1. The van der Waals surface area contributed by atoms with Crippen molar-refractivity contribution in [1.29, 1.82) is 0 Å². The molecule has 0 atom stereocenters. The lowest BCUT2D eigenvalue weighted by Gasteiger charge is -2.21. The Bertz CT molecular complexity index is 1830. The van der Waals surface area contributed by atoms with Gasteiger partial charge in [-0.3, -0.25) is 4.72 Å². The highest BCUT2D eigenvalue weighted by atomic mass is 32.2. The second kappa shape index (κ2) is 12.2. The number of benzene rings is 2. The lowest BCUT2D eigenvalue weighted by Crippen LogP contribution is -2.23. The van der Waals surface area contributed by atoms with Gasteiger partial charge in [-0.1, -0.05) is 24.3 Å². The van der Waals surface area contributed by atoms with Gasteiger partial charge in [-0.25, -0.2) is 18.2 Å². The molecule has 0 saturated carbocycles. The van der Waals surface area contributed by atoms with Gasteiger partial charge in [0.25, 0.3) is 0 Å². The maximum atomic E-state index is 13.5. The molecule has 0 aliphatic carbocycles. The molecule has 42 heavy (non-hydrogen) atoms. The summed E-state index contributed by atoms with van der Waals surface area (Å²) in [7, 11) is -3.65. The van der Waals surface area contributed by atoms with Gasteiger partial charge >= 0.3 is 5.97 Å². The van der Waals surface area contributed by atoms with Crippen LogP contribution in [-0.2, 0) is 38.3 Å². The number of nitrogens with zero attached hydrogens (tertiary/aromatic N) is 2. The average molecular weight is 605 g/mol. The van der Waals surface area contributed by atoms with Crippen LogP contribution in [0.4, 0.5) is 5.69 Å². The summed E-state index contributed by atoms with van der Waals surface area (Å²) < 4.78 is 41.9. The molecule has 0 amide bonds. The second-order valence-electron chi connectivity index (χ2n) is 10.5. The number of carbonyl (C=O) groups excluding carboxylic acids is 1. The predicted octanol–water partition coefficient (Wildman–Crippen LogP) is 5.28. The molecule has 1 aliphatic heterocycles. The number of nitrogens with one attached hydrogen (secondary N) is 1. The molecule has 9 nitrogen and oxygen atoms in total. The number of esters is 1. The third kappa shape index (κ3) is 6.34. The molecule has 1 saturated heterocycles. The lowest BCUT2D eigenvalue weighted by molar-refractivity contribution is 0.0179. The van der Waals surface area contributed by atoms with Gasteiger partial charge in [-0.15, -0.1) is 0 Å². The monoisotopic (exact) mass is 604 g/mol. The highest BCUT2D eigenvalue weighted by molar-refractivity contribution is 7.91. The summed E-state index contributed by atoms with van der Waals surface area (Å²) in [6.07, 6.45) is 1.72. The van der Waals surface area contributed by atoms with E-state index < -0.39 is 16.0 Å². The molecule has 6 rings (SSSR count). The molecule has 218 valence electrons. The molecule has 2 aromatic carbocycles.